The summed E-state index contributed by atoms with van der Waals surface area (Å²) in [5.41, 5.74) is 2.87. The summed E-state index contributed by atoms with van der Waals surface area (Å²) in [5, 5.41) is 25.9. The lowest BCUT2D eigenvalue weighted by Crippen LogP contribution is -2.44. The lowest BCUT2D eigenvalue weighted by atomic mass is 10.00. The van der Waals surface area contributed by atoms with Crippen molar-refractivity contribution in [3.05, 3.63) is 34.9 Å². The van der Waals surface area contributed by atoms with Crippen LogP contribution in [0.15, 0.2) is 17.4 Å². The normalized spacial score (nSPS) is 13.7. The van der Waals surface area contributed by atoms with Crippen LogP contribution in [0.5, 0.6) is 0 Å². The van der Waals surface area contributed by atoms with Crippen LogP contribution >= 0.6 is 24.0 Å². The van der Waals surface area contributed by atoms with Gasteiger partial charge in [0.15, 0.2) is 5.96 Å². The van der Waals surface area contributed by atoms with E-state index in [-0.39, 0.29) is 24.0 Å². The molecule has 0 aliphatic carbocycles. The average Bonchev–Trinajstić information content (AvgIpc) is 3.20. The molecular formula is C19H34IN7O2. The first kappa shape index (κ1) is 25.4. The van der Waals surface area contributed by atoms with Crippen molar-refractivity contribution in [1.82, 2.24) is 30.2 Å². The Balaban J connectivity index is 0.00000420. The largest absolute Gasteiger partial charge is 0.383 e. The standard InChI is InChI=1S/C19H33N7O2.HI/c1-7-20-18(22-13-19(4,27)16-10-23-25(5)12-16)21-11-17-14(2)24-26(15(17)3)8-9-28-6;/h10,12,27H,7-9,11,13H2,1-6H3,(H2,20,21,22);1H. The molecule has 1 unspecified atom stereocenters. The molecule has 2 heterocycles. The number of nitrogens with zero attached hydrogens (tertiary/aromatic N) is 5. The van der Waals surface area contributed by atoms with Crippen molar-refractivity contribution in [2.75, 3.05) is 26.8 Å². The van der Waals surface area contributed by atoms with Crippen molar-refractivity contribution < 1.29 is 9.84 Å². The van der Waals surface area contributed by atoms with Gasteiger partial charge in [0.2, 0.25) is 0 Å². The molecule has 0 aliphatic rings. The van der Waals surface area contributed by atoms with Gasteiger partial charge in [-0.2, -0.15) is 10.2 Å². The number of methoxy groups -OCH3 is 1. The van der Waals surface area contributed by atoms with Crippen LogP contribution in [0.1, 0.15) is 36.4 Å². The van der Waals surface area contributed by atoms with E-state index in [0.717, 1.165) is 35.6 Å². The lowest BCUT2D eigenvalue weighted by Gasteiger charge is -2.23. The van der Waals surface area contributed by atoms with E-state index in [0.29, 0.717) is 25.7 Å². The molecule has 10 heteroatoms. The van der Waals surface area contributed by atoms with Crippen LogP contribution in [0.25, 0.3) is 0 Å². The maximum absolute atomic E-state index is 10.8. The first-order valence-electron chi connectivity index (χ1n) is 9.54. The zero-order valence-corrected chi connectivity index (χ0v) is 20.5. The van der Waals surface area contributed by atoms with E-state index < -0.39 is 5.60 Å². The molecule has 0 saturated heterocycles. The Morgan fingerprint density at radius 1 is 1.34 bits per heavy atom. The van der Waals surface area contributed by atoms with Crippen molar-refractivity contribution in [2.24, 2.45) is 12.0 Å². The summed E-state index contributed by atoms with van der Waals surface area (Å²) in [6.07, 6.45) is 3.49. The first-order valence-corrected chi connectivity index (χ1v) is 9.54. The van der Waals surface area contributed by atoms with Crippen LogP contribution < -0.4 is 10.6 Å². The van der Waals surface area contributed by atoms with E-state index in [1.807, 2.05) is 38.7 Å². The fourth-order valence-electron chi connectivity index (χ4n) is 2.92. The second kappa shape index (κ2) is 11.5. The molecule has 0 saturated carbocycles. The van der Waals surface area contributed by atoms with Crippen molar-refractivity contribution in [1.29, 1.82) is 0 Å². The molecule has 2 aromatic rings. The molecule has 0 fully saturated rings. The summed E-state index contributed by atoms with van der Waals surface area (Å²) in [5.74, 6) is 0.648. The molecule has 0 aromatic carbocycles. The van der Waals surface area contributed by atoms with Gasteiger partial charge in [0, 0.05) is 43.7 Å². The van der Waals surface area contributed by atoms with Gasteiger partial charge < -0.3 is 20.5 Å². The number of ether oxygens (including phenoxy) is 1. The number of hydrogen-bond donors (Lipinski definition) is 3. The molecule has 0 spiro atoms. The minimum Gasteiger partial charge on any atom is -0.383 e. The van der Waals surface area contributed by atoms with Gasteiger partial charge in [0.1, 0.15) is 5.60 Å². The van der Waals surface area contributed by atoms with Gasteiger partial charge in [0.05, 0.1) is 38.1 Å². The third-order valence-corrected chi connectivity index (χ3v) is 4.70. The molecule has 2 rings (SSSR count). The Hall–Kier alpha value is -1.66. The predicted molar refractivity (Wildman–Crippen MR) is 125 cm³/mol. The Morgan fingerprint density at radius 3 is 2.66 bits per heavy atom. The van der Waals surface area contributed by atoms with Crippen LogP contribution in [0.4, 0.5) is 0 Å². The molecular weight excluding hydrogens is 485 g/mol. The Kier molecular flexibility index (Phi) is 10.1. The Morgan fingerprint density at radius 2 is 2.07 bits per heavy atom. The maximum Gasteiger partial charge on any atom is 0.191 e. The quantitative estimate of drug-likeness (QED) is 0.264. The molecule has 0 bridgehead atoms. The summed E-state index contributed by atoms with van der Waals surface area (Å²) in [4.78, 5) is 4.68. The molecule has 9 nitrogen and oxygen atoms in total. The van der Waals surface area contributed by atoms with Gasteiger partial charge >= 0.3 is 0 Å². The molecule has 29 heavy (non-hydrogen) atoms. The first-order chi connectivity index (χ1) is 13.3. The number of guanidine groups is 1. The number of aliphatic hydroxyl groups is 1. The SMILES string of the molecule is CCNC(=NCc1c(C)nn(CCOC)c1C)NCC(C)(O)c1cnn(C)c1.I. The molecule has 2 aromatic heterocycles. The number of halogens is 1. The van der Waals surface area contributed by atoms with Crippen molar-refractivity contribution in [3.8, 4) is 0 Å². The van der Waals surface area contributed by atoms with Crippen LogP contribution in [0.3, 0.4) is 0 Å². The summed E-state index contributed by atoms with van der Waals surface area (Å²) < 4.78 is 8.78. The second-order valence-electron chi connectivity index (χ2n) is 7.09. The maximum atomic E-state index is 10.8. The third kappa shape index (κ3) is 6.96. The van der Waals surface area contributed by atoms with Gasteiger partial charge in [-0.05, 0) is 27.7 Å². The number of aryl methyl sites for hydroxylation is 2. The molecule has 0 amide bonds. The molecule has 3 N–H and O–H groups in total. The minimum absolute atomic E-state index is 0. The van der Waals surface area contributed by atoms with Crippen LogP contribution in [-0.4, -0.2) is 57.4 Å². The number of rotatable bonds is 9. The number of nitrogens with one attached hydrogen (secondary N) is 2. The van der Waals surface area contributed by atoms with E-state index in [9.17, 15) is 5.11 Å². The highest BCUT2D eigenvalue weighted by molar-refractivity contribution is 14.0. The van der Waals surface area contributed by atoms with Gasteiger partial charge in [-0.1, -0.05) is 0 Å². The Labute approximate surface area is 189 Å². The smallest absolute Gasteiger partial charge is 0.191 e. The van der Waals surface area contributed by atoms with E-state index in [1.165, 1.54) is 0 Å². The monoisotopic (exact) mass is 519 g/mol. The highest BCUT2D eigenvalue weighted by Crippen LogP contribution is 2.18. The van der Waals surface area contributed by atoms with Gasteiger partial charge in [-0.3, -0.25) is 9.36 Å². The van der Waals surface area contributed by atoms with Gasteiger partial charge in [-0.25, -0.2) is 4.99 Å². The zero-order chi connectivity index (χ0) is 20.7. The number of aliphatic imine (C=N–C) groups is 1. The highest BCUT2D eigenvalue weighted by atomic mass is 127. The topological polar surface area (TPSA) is 102 Å². The van der Waals surface area contributed by atoms with E-state index in [4.69, 9.17) is 4.74 Å². The fraction of sp³-hybridized carbons (Fsp3) is 0.632. The average molecular weight is 519 g/mol. The van der Waals surface area contributed by atoms with Crippen LogP contribution in [-0.2, 0) is 30.5 Å². The van der Waals surface area contributed by atoms with Crippen molar-refractivity contribution >= 4 is 29.9 Å². The van der Waals surface area contributed by atoms with Gasteiger partial charge in [-0.15, -0.1) is 24.0 Å². The van der Waals surface area contributed by atoms with E-state index >= 15 is 0 Å². The van der Waals surface area contributed by atoms with Crippen LogP contribution in [0, 0.1) is 13.8 Å². The number of aromatic nitrogens is 4. The summed E-state index contributed by atoms with van der Waals surface area (Å²) in [7, 11) is 3.52. The highest BCUT2D eigenvalue weighted by Gasteiger charge is 2.25. The zero-order valence-electron chi connectivity index (χ0n) is 18.2. The Bertz CT molecular complexity index is 799. The molecule has 0 radical (unpaired) electrons. The van der Waals surface area contributed by atoms with Crippen molar-refractivity contribution in [3.63, 3.8) is 0 Å². The minimum atomic E-state index is -1.05. The van der Waals surface area contributed by atoms with E-state index in [2.05, 4.69) is 25.8 Å². The van der Waals surface area contributed by atoms with Gasteiger partial charge in [0.25, 0.3) is 0 Å². The number of hydrogen-bond acceptors (Lipinski definition) is 5. The summed E-state index contributed by atoms with van der Waals surface area (Å²) >= 11 is 0. The summed E-state index contributed by atoms with van der Waals surface area (Å²) in [6, 6.07) is 0. The second-order valence-corrected chi connectivity index (χ2v) is 7.09. The van der Waals surface area contributed by atoms with Crippen LogP contribution in [0.2, 0.25) is 0 Å². The van der Waals surface area contributed by atoms with Crippen molar-refractivity contribution in [2.45, 2.75) is 46.4 Å². The third-order valence-electron chi connectivity index (χ3n) is 4.70. The predicted octanol–water partition coefficient (Wildman–Crippen LogP) is 1.46. The molecule has 0 aliphatic heterocycles. The van der Waals surface area contributed by atoms with E-state index in [1.54, 1.807) is 24.9 Å². The lowest BCUT2D eigenvalue weighted by molar-refractivity contribution is 0.0616. The fourth-order valence-corrected chi connectivity index (χ4v) is 2.92. The summed E-state index contributed by atoms with van der Waals surface area (Å²) in [6.45, 7) is 10.7. The molecule has 1 atom stereocenters. The molecule has 164 valence electrons.